The smallest absolute Gasteiger partial charge is 0.253 e. The number of aliphatic hydroxyl groups excluding tert-OH is 1. The minimum Gasteiger partial charge on any atom is -0.396 e. The van der Waals surface area contributed by atoms with Crippen LogP contribution in [0.5, 0.6) is 0 Å². The zero-order valence-electron chi connectivity index (χ0n) is 27.8. The van der Waals surface area contributed by atoms with E-state index in [1.165, 1.54) is 0 Å². The Balaban J connectivity index is 1.59. The number of rotatable bonds is 14. The highest BCUT2D eigenvalue weighted by molar-refractivity contribution is 6.05. The summed E-state index contributed by atoms with van der Waals surface area (Å²) in [6.07, 6.45) is 5.88. The maximum Gasteiger partial charge on any atom is 0.253 e. The summed E-state index contributed by atoms with van der Waals surface area (Å²) in [7, 11) is 0. The van der Waals surface area contributed by atoms with Gasteiger partial charge >= 0.3 is 0 Å². The van der Waals surface area contributed by atoms with Gasteiger partial charge in [-0.1, -0.05) is 67.6 Å². The molecule has 0 saturated carbocycles. The third-order valence-corrected chi connectivity index (χ3v) is 10.5. The minimum absolute atomic E-state index is 0.0644. The molecule has 246 valence electrons. The third kappa shape index (κ3) is 5.60. The highest BCUT2D eigenvalue weighted by Crippen LogP contribution is 2.65. The van der Waals surface area contributed by atoms with Crippen LogP contribution in [0.3, 0.4) is 0 Å². The Bertz CT molecular complexity index is 1460. The standard InChI is InChI=1S/C38H49N3O5/c1-7-20-39(25-29-18-11-9-12-19-29)34(43)30-31-35(44)41(22-13-10-14-23-42)33(38(31)24-28(5)37(30,6)46-38)36(45)40(21-8-2)32-26(3)16-15-17-27(32)4/h7-9,11-12,15-19,28,30-31,33,42H,1-2,10,13-14,20-25H2,3-6H3/t28?,30-,31+,33?,37+,38?/m1/s1. The lowest BCUT2D eigenvalue weighted by atomic mass is 9.62. The Morgan fingerprint density at radius 3 is 2.30 bits per heavy atom. The first-order chi connectivity index (χ1) is 22.0. The SMILES string of the molecule is C=CCN(Cc1ccccc1)C(=O)[C@H]1[C@H]2C(=O)N(CCCCCO)C(C(=O)N(CC=C)c3c(C)cccc3C)C23CC(C)[C@]1(C)O3. The van der Waals surface area contributed by atoms with E-state index in [0.29, 0.717) is 45.3 Å². The Hall–Kier alpha value is -3.75. The number of likely N-dealkylation sites (tertiary alicyclic amines) is 1. The van der Waals surface area contributed by atoms with E-state index in [4.69, 9.17) is 4.74 Å². The van der Waals surface area contributed by atoms with E-state index in [0.717, 1.165) is 22.4 Å². The van der Waals surface area contributed by atoms with Crippen molar-refractivity contribution in [3.63, 3.8) is 0 Å². The van der Waals surface area contributed by atoms with Crippen LogP contribution >= 0.6 is 0 Å². The number of para-hydroxylation sites is 1. The molecule has 46 heavy (non-hydrogen) atoms. The van der Waals surface area contributed by atoms with E-state index in [1.54, 1.807) is 26.9 Å². The average molecular weight is 628 g/mol. The molecule has 0 aromatic heterocycles. The predicted octanol–water partition coefficient (Wildman–Crippen LogP) is 5.21. The van der Waals surface area contributed by atoms with Gasteiger partial charge in [-0.05, 0) is 69.1 Å². The molecular weight excluding hydrogens is 578 g/mol. The molecule has 1 N–H and O–H groups in total. The summed E-state index contributed by atoms with van der Waals surface area (Å²) >= 11 is 0. The fraction of sp³-hybridized carbons (Fsp3) is 0.500. The van der Waals surface area contributed by atoms with Crippen molar-refractivity contribution in [2.24, 2.45) is 17.8 Å². The maximum absolute atomic E-state index is 15.0. The monoisotopic (exact) mass is 627 g/mol. The summed E-state index contributed by atoms with van der Waals surface area (Å²) < 4.78 is 7.03. The zero-order chi connectivity index (χ0) is 33.2. The Morgan fingerprint density at radius 1 is 1.00 bits per heavy atom. The summed E-state index contributed by atoms with van der Waals surface area (Å²) in [6.45, 7) is 17.2. The number of fused-ring (bicyclic) bond motifs is 1. The molecule has 2 bridgehead atoms. The highest BCUT2D eigenvalue weighted by atomic mass is 16.5. The number of carbonyl (C=O) groups excluding carboxylic acids is 3. The van der Waals surface area contributed by atoms with Crippen LogP contribution < -0.4 is 4.90 Å². The van der Waals surface area contributed by atoms with Crippen LogP contribution in [-0.4, -0.2) is 76.1 Å². The molecular formula is C38H49N3O5. The van der Waals surface area contributed by atoms with Crippen molar-refractivity contribution in [2.45, 2.75) is 77.2 Å². The van der Waals surface area contributed by atoms with Gasteiger partial charge in [-0.2, -0.15) is 0 Å². The first kappa shape index (κ1) is 33.6. The largest absolute Gasteiger partial charge is 0.396 e. The van der Waals surface area contributed by atoms with Crippen molar-refractivity contribution in [1.82, 2.24) is 9.80 Å². The molecule has 3 aliphatic heterocycles. The number of carbonyl (C=O) groups is 3. The van der Waals surface area contributed by atoms with Crippen molar-refractivity contribution < 1.29 is 24.2 Å². The second-order valence-electron chi connectivity index (χ2n) is 13.5. The fourth-order valence-corrected chi connectivity index (χ4v) is 8.39. The molecule has 1 spiro atoms. The number of nitrogens with zero attached hydrogens (tertiary/aromatic N) is 3. The maximum atomic E-state index is 15.0. The summed E-state index contributed by atoms with van der Waals surface area (Å²) in [5.74, 6) is -2.17. The van der Waals surface area contributed by atoms with Crippen LogP contribution in [0.25, 0.3) is 0 Å². The Labute approximate surface area is 273 Å². The minimum atomic E-state index is -1.15. The molecule has 2 aromatic carbocycles. The highest BCUT2D eigenvalue weighted by Gasteiger charge is 2.80. The normalized spacial score (nSPS) is 27.8. The van der Waals surface area contributed by atoms with E-state index in [9.17, 15) is 14.7 Å². The van der Waals surface area contributed by atoms with Gasteiger partial charge in [0.25, 0.3) is 5.91 Å². The number of anilines is 1. The number of amides is 3. The van der Waals surface area contributed by atoms with Gasteiger partial charge in [0, 0.05) is 38.5 Å². The van der Waals surface area contributed by atoms with E-state index < -0.39 is 29.1 Å². The number of aliphatic hydroxyl groups is 1. The van der Waals surface area contributed by atoms with Crippen LogP contribution in [0.1, 0.15) is 56.2 Å². The second-order valence-corrected chi connectivity index (χ2v) is 13.5. The summed E-state index contributed by atoms with van der Waals surface area (Å²) in [4.78, 5) is 49.6. The summed E-state index contributed by atoms with van der Waals surface area (Å²) in [6, 6.07) is 14.8. The lowest BCUT2D eigenvalue weighted by molar-refractivity contribution is -0.151. The van der Waals surface area contributed by atoms with Gasteiger partial charge in [0.1, 0.15) is 11.6 Å². The van der Waals surface area contributed by atoms with Crippen LogP contribution in [0, 0.1) is 31.6 Å². The van der Waals surface area contributed by atoms with Gasteiger partial charge in [-0.15, -0.1) is 13.2 Å². The van der Waals surface area contributed by atoms with Gasteiger partial charge in [0.2, 0.25) is 11.8 Å². The van der Waals surface area contributed by atoms with Crippen LogP contribution in [0.15, 0.2) is 73.8 Å². The lowest BCUT2D eigenvalue weighted by Crippen LogP contribution is -2.57. The van der Waals surface area contributed by atoms with E-state index in [1.807, 2.05) is 69.3 Å². The number of ether oxygens (including phenoxy) is 1. The number of hydrogen-bond acceptors (Lipinski definition) is 5. The van der Waals surface area contributed by atoms with Gasteiger partial charge in [-0.25, -0.2) is 0 Å². The topological polar surface area (TPSA) is 90.4 Å². The molecule has 0 radical (unpaired) electrons. The molecule has 3 fully saturated rings. The van der Waals surface area contributed by atoms with Crippen LogP contribution in [0.4, 0.5) is 5.69 Å². The number of unbranched alkanes of at least 4 members (excludes halogenated alkanes) is 2. The molecule has 6 atom stereocenters. The van der Waals surface area contributed by atoms with E-state index >= 15 is 4.79 Å². The molecule has 2 aromatic rings. The van der Waals surface area contributed by atoms with Crippen molar-refractivity contribution in [3.8, 4) is 0 Å². The first-order valence-corrected chi connectivity index (χ1v) is 16.6. The molecule has 0 aliphatic carbocycles. The van der Waals surface area contributed by atoms with Crippen LogP contribution in [0.2, 0.25) is 0 Å². The second kappa shape index (κ2) is 13.5. The first-order valence-electron chi connectivity index (χ1n) is 16.6. The third-order valence-electron chi connectivity index (χ3n) is 10.5. The van der Waals surface area contributed by atoms with Gasteiger partial charge in [0.15, 0.2) is 0 Å². The molecule has 5 rings (SSSR count). The van der Waals surface area contributed by atoms with E-state index in [2.05, 4.69) is 20.1 Å². The number of hydrogen-bond donors (Lipinski definition) is 1. The molecule has 3 unspecified atom stereocenters. The predicted molar refractivity (Wildman–Crippen MR) is 180 cm³/mol. The molecule has 8 nitrogen and oxygen atoms in total. The molecule has 3 heterocycles. The van der Waals surface area contributed by atoms with Crippen molar-refractivity contribution in [2.75, 3.05) is 31.1 Å². The van der Waals surface area contributed by atoms with Crippen molar-refractivity contribution in [3.05, 3.63) is 90.5 Å². The average Bonchev–Trinajstić information content (AvgIpc) is 3.54. The number of aryl methyl sites for hydroxylation is 2. The zero-order valence-corrected chi connectivity index (χ0v) is 27.8. The lowest BCUT2D eigenvalue weighted by Gasteiger charge is -2.39. The van der Waals surface area contributed by atoms with Crippen molar-refractivity contribution in [1.29, 1.82) is 0 Å². The summed E-state index contributed by atoms with van der Waals surface area (Å²) in [5.41, 5.74) is 1.63. The van der Waals surface area contributed by atoms with Crippen molar-refractivity contribution >= 4 is 23.4 Å². The molecule has 3 amide bonds. The van der Waals surface area contributed by atoms with Gasteiger partial charge < -0.3 is 24.5 Å². The Kier molecular flexibility index (Phi) is 9.89. The van der Waals surface area contributed by atoms with E-state index in [-0.39, 0.29) is 36.8 Å². The fourth-order valence-electron chi connectivity index (χ4n) is 8.39. The Morgan fingerprint density at radius 2 is 1.67 bits per heavy atom. The van der Waals surface area contributed by atoms with Gasteiger partial charge in [0.05, 0.1) is 17.4 Å². The molecule has 3 aliphatic rings. The molecule has 8 heteroatoms. The summed E-state index contributed by atoms with van der Waals surface area (Å²) in [5, 5.41) is 9.41. The molecule has 3 saturated heterocycles. The quantitative estimate of drug-likeness (QED) is 0.230. The number of benzene rings is 2. The van der Waals surface area contributed by atoms with Gasteiger partial charge in [-0.3, -0.25) is 14.4 Å². The van der Waals surface area contributed by atoms with Crippen LogP contribution in [-0.2, 0) is 25.7 Å².